The number of para-hydroxylation sites is 1. The smallest absolute Gasteiger partial charge is 0.242 e. The molecule has 0 spiro atoms. The number of rotatable bonds is 7. The number of aliphatic imine (C=N–C) groups is 1. The van der Waals surface area contributed by atoms with Crippen LogP contribution in [0.3, 0.4) is 0 Å². The van der Waals surface area contributed by atoms with E-state index in [0.717, 1.165) is 26.1 Å². The Labute approximate surface area is 179 Å². The maximum absolute atomic E-state index is 11.9. The number of hydrogen-bond acceptors (Lipinski definition) is 2. The summed E-state index contributed by atoms with van der Waals surface area (Å²) >= 11 is 0. The van der Waals surface area contributed by atoms with Crippen molar-refractivity contribution in [3.05, 3.63) is 36.5 Å². The fourth-order valence-electron chi connectivity index (χ4n) is 2.74. The summed E-state index contributed by atoms with van der Waals surface area (Å²) in [6, 6.07) is 10.5. The molecule has 0 aliphatic rings. The number of nitrogens with one attached hydrogen (secondary N) is 3. The molecule has 0 aliphatic carbocycles. The molecule has 1 amide bonds. The first kappa shape index (κ1) is 23.3. The summed E-state index contributed by atoms with van der Waals surface area (Å²) in [7, 11) is 0. The molecular formula is C20H32IN5O. The van der Waals surface area contributed by atoms with Crippen molar-refractivity contribution >= 4 is 46.7 Å². The molecule has 1 aromatic carbocycles. The molecule has 150 valence electrons. The van der Waals surface area contributed by atoms with Crippen LogP contribution in [0.2, 0.25) is 0 Å². The Hall–Kier alpha value is -1.77. The number of carbonyl (C=O) groups excluding carboxylic acids is 1. The number of fused-ring (bicyclic) bond motifs is 1. The molecule has 1 heterocycles. The highest BCUT2D eigenvalue weighted by Gasteiger charge is 2.13. The number of amides is 1. The zero-order chi connectivity index (χ0) is 19.0. The van der Waals surface area contributed by atoms with E-state index < -0.39 is 0 Å². The second kappa shape index (κ2) is 11.2. The third kappa shape index (κ3) is 8.19. The van der Waals surface area contributed by atoms with Gasteiger partial charge in [-0.2, -0.15) is 0 Å². The molecule has 0 bridgehead atoms. The topological polar surface area (TPSA) is 70.4 Å². The lowest BCUT2D eigenvalue weighted by molar-refractivity contribution is -0.121. The van der Waals surface area contributed by atoms with Crippen molar-refractivity contribution in [1.29, 1.82) is 0 Å². The number of nitrogens with zero attached hydrogens (tertiary/aromatic N) is 2. The normalized spacial score (nSPS) is 11.8. The van der Waals surface area contributed by atoms with E-state index in [-0.39, 0.29) is 42.0 Å². The fourth-order valence-corrected chi connectivity index (χ4v) is 2.74. The van der Waals surface area contributed by atoms with Gasteiger partial charge in [0.05, 0.1) is 0 Å². The molecule has 3 N–H and O–H groups in total. The first-order valence-corrected chi connectivity index (χ1v) is 9.26. The number of aromatic nitrogens is 1. The summed E-state index contributed by atoms with van der Waals surface area (Å²) in [6.45, 7) is 10.5. The summed E-state index contributed by atoms with van der Waals surface area (Å²) < 4.78 is 2.26. The number of benzene rings is 1. The van der Waals surface area contributed by atoms with Gasteiger partial charge in [-0.1, -0.05) is 18.2 Å². The maximum atomic E-state index is 11.9. The second-order valence-electron chi connectivity index (χ2n) is 7.34. The number of guanidine groups is 1. The zero-order valence-electron chi connectivity index (χ0n) is 16.7. The van der Waals surface area contributed by atoms with Crippen molar-refractivity contribution in [2.24, 2.45) is 4.99 Å². The lowest BCUT2D eigenvalue weighted by Crippen LogP contribution is -2.43. The molecule has 0 radical (unpaired) electrons. The van der Waals surface area contributed by atoms with E-state index in [4.69, 9.17) is 0 Å². The SMILES string of the molecule is CCNC(=NCC(=O)NC(C)(C)C)NCCCn1ccc2ccccc21.I. The van der Waals surface area contributed by atoms with Crippen LogP contribution in [-0.2, 0) is 11.3 Å². The zero-order valence-corrected chi connectivity index (χ0v) is 19.0. The number of carbonyl (C=O) groups is 1. The first-order valence-electron chi connectivity index (χ1n) is 9.26. The monoisotopic (exact) mass is 485 g/mol. The van der Waals surface area contributed by atoms with E-state index in [0.29, 0.717) is 5.96 Å². The van der Waals surface area contributed by atoms with Crippen molar-refractivity contribution in [2.75, 3.05) is 19.6 Å². The molecule has 0 saturated heterocycles. The standard InChI is InChI=1S/C20H31N5O.HI/c1-5-21-19(23-15-18(26)24-20(2,3)4)22-12-8-13-25-14-11-16-9-6-7-10-17(16)25;/h6-7,9-11,14H,5,8,12-13,15H2,1-4H3,(H,24,26)(H2,21,22,23);1H. The minimum atomic E-state index is -0.238. The molecule has 6 nitrogen and oxygen atoms in total. The van der Waals surface area contributed by atoms with Gasteiger partial charge in [-0.15, -0.1) is 24.0 Å². The highest BCUT2D eigenvalue weighted by molar-refractivity contribution is 14.0. The van der Waals surface area contributed by atoms with Gasteiger partial charge in [0.1, 0.15) is 6.54 Å². The lowest BCUT2D eigenvalue weighted by Gasteiger charge is -2.20. The van der Waals surface area contributed by atoms with Gasteiger partial charge >= 0.3 is 0 Å². The molecule has 0 unspecified atom stereocenters. The summed E-state index contributed by atoms with van der Waals surface area (Å²) in [5.41, 5.74) is 1.02. The third-order valence-corrected chi connectivity index (χ3v) is 3.79. The van der Waals surface area contributed by atoms with Crippen LogP contribution in [0.5, 0.6) is 0 Å². The van der Waals surface area contributed by atoms with Crippen molar-refractivity contribution in [2.45, 2.75) is 46.2 Å². The van der Waals surface area contributed by atoms with Gasteiger partial charge in [0.15, 0.2) is 5.96 Å². The molecule has 2 rings (SSSR count). The van der Waals surface area contributed by atoms with Crippen molar-refractivity contribution in [3.8, 4) is 0 Å². The molecule has 2 aromatic rings. The van der Waals surface area contributed by atoms with E-state index in [2.05, 4.69) is 62.0 Å². The summed E-state index contributed by atoms with van der Waals surface area (Å²) in [6.07, 6.45) is 3.10. The molecule has 0 atom stereocenters. The van der Waals surface area contributed by atoms with Gasteiger partial charge < -0.3 is 20.5 Å². The van der Waals surface area contributed by atoms with Gasteiger partial charge in [0.2, 0.25) is 5.91 Å². The molecule has 0 fully saturated rings. The second-order valence-corrected chi connectivity index (χ2v) is 7.34. The van der Waals surface area contributed by atoms with Crippen molar-refractivity contribution < 1.29 is 4.79 Å². The van der Waals surface area contributed by atoms with Gasteiger partial charge in [-0.3, -0.25) is 4.79 Å². The van der Waals surface area contributed by atoms with Crippen LogP contribution in [0.4, 0.5) is 0 Å². The fraction of sp³-hybridized carbons (Fsp3) is 0.500. The van der Waals surface area contributed by atoms with Gasteiger partial charge in [0.25, 0.3) is 0 Å². The van der Waals surface area contributed by atoms with Gasteiger partial charge in [-0.25, -0.2) is 4.99 Å². The Morgan fingerprint density at radius 2 is 1.89 bits per heavy atom. The molecule has 1 aromatic heterocycles. The summed E-state index contributed by atoms with van der Waals surface area (Å²) in [5, 5.41) is 10.6. The molecule has 27 heavy (non-hydrogen) atoms. The van der Waals surface area contributed by atoms with Crippen LogP contribution in [0.1, 0.15) is 34.1 Å². The summed E-state index contributed by atoms with van der Waals surface area (Å²) in [5.74, 6) is 0.599. The molecule has 0 aliphatic heterocycles. The minimum Gasteiger partial charge on any atom is -0.357 e. The maximum Gasteiger partial charge on any atom is 0.242 e. The van der Waals surface area contributed by atoms with Crippen LogP contribution >= 0.6 is 24.0 Å². The average Bonchev–Trinajstić information content (AvgIpc) is 2.98. The predicted molar refractivity (Wildman–Crippen MR) is 124 cm³/mol. The van der Waals surface area contributed by atoms with Gasteiger partial charge in [-0.05, 0) is 51.6 Å². The number of hydrogen-bond donors (Lipinski definition) is 3. The third-order valence-electron chi connectivity index (χ3n) is 3.79. The van der Waals surface area contributed by atoms with Crippen molar-refractivity contribution in [3.63, 3.8) is 0 Å². The van der Waals surface area contributed by atoms with Crippen LogP contribution in [0.25, 0.3) is 10.9 Å². The lowest BCUT2D eigenvalue weighted by atomic mass is 10.1. The van der Waals surface area contributed by atoms with Crippen LogP contribution < -0.4 is 16.0 Å². The average molecular weight is 485 g/mol. The van der Waals surface area contributed by atoms with E-state index in [1.165, 1.54) is 10.9 Å². The van der Waals surface area contributed by atoms with Crippen LogP contribution in [0.15, 0.2) is 41.5 Å². The van der Waals surface area contributed by atoms with Crippen LogP contribution in [0, 0.1) is 0 Å². The van der Waals surface area contributed by atoms with E-state index in [1.807, 2.05) is 27.7 Å². The first-order chi connectivity index (χ1) is 12.4. The highest BCUT2D eigenvalue weighted by Crippen LogP contribution is 2.15. The predicted octanol–water partition coefficient (Wildman–Crippen LogP) is 3.12. The van der Waals surface area contributed by atoms with E-state index in [1.54, 1.807) is 0 Å². The van der Waals surface area contributed by atoms with Crippen LogP contribution in [-0.4, -0.2) is 41.6 Å². The quantitative estimate of drug-likeness (QED) is 0.244. The molecule has 7 heteroatoms. The Morgan fingerprint density at radius 1 is 1.15 bits per heavy atom. The Kier molecular flexibility index (Phi) is 9.62. The highest BCUT2D eigenvalue weighted by atomic mass is 127. The van der Waals surface area contributed by atoms with Crippen molar-refractivity contribution in [1.82, 2.24) is 20.5 Å². The Balaban J connectivity index is 0.00000364. The minimum absolute atomic E-state index is 0. The number of halogens is 1. The Morgan fingerprint density at radius 3 is 2.59 bits per heavy atom. The van der Waals surface area contributed by atoms with Gasteiger partial charge in [0, 0.05) is 36.9 Å². The molecular weight excluding hydrogens is 453 g/mol. The van der Waals surface area contributed by atoms with E-state index >= 15 is 0 Å². The largest absolute Gasteiger partial charge is 0.357 e. The van der Waals surface area contributed by atoms with E-state index in [9.17, 15) is 4.79 Å². The molecule has 0 saturated carbocycles. The number of aryl methyl sites for hydroxylation is 1. The Bertz CT molecular complexity index is 748. The summed E-state index contributed by atoms with van der Waals surface area (Å²) in [4.78, 5) is 16.3.